The Labute approximate surface area is 816 Å². The lowest BCUT2D eigenvalue weighted by Gasteiger charge is -2.27. The van der Waals surface area contributed by atoms with E-state index < -0.39 is 72.5 Å². The molecular weight excluding hydrogens is 1960 g/mol. The minimum Gasteiger partial charge on any atom is -0.691 e. The molecule has 0 atom stereocenters. The average Bonchev–Trinajstić information content (AvgIpc) is 1.62. The topological polar surface area (TPSA) is 498 Å². The van der Waals surface area contributed by atoms with E-state index in [9.17, 15) is 72.0 Å². The van der Waals surface area contributed by atoms with Crippen molar-refractivity contribution in [3.63, 3.8) is 0 Å². The zero-order valence-electron chi connectivity index (χ0n) is 76.7. The minimum absolute atomic E-state index is 0.200. The summed E-state index contributed by atoms with van der Waals surface area (Å²) >= 11 is 9.13. The fourth-order valence-electron chi connectivity index (χ4n) is 17.2. The quantitative estimate of drug-likeness (QED) is 0.00452. The molecule has 744 valence electrons. The number of anilines is 2. The molecule has 0 aromatic heterocycles. The first-order valence-electron chi connectivity index (χ1n) is 43.6. The lowest BCUT2D eigenvalue weighted by atomic mass is 9.81. The highest BCUT2D eigenvalue weighted by Crippen LogP contribution is 2.52. The van der Waals surface area contributed by atoms with E-state index in [4.69, 9.17) is 51.4 Å². The maximum atomic E-state index is 12.3. The zero-order valence-corrected chi connectivity index (χ0v) is 84.0. The van der Waals surface area contributed by atoms with Crippen LogP contribution in [0.25, 0.3) is 0 Å². The number of para-hydroxylation sites is 2. The van der Waals surface area contributed by atoms with E-state index in [1.54, 1.807) is 36.4 Å². The van der Waals surface area contributed by atoms with Crippen molar-refractivity contribution in [2.24, 2.45) is 0 Å². The smallest absolute Gasteiger partial charge is 0.425 e. The number of hydrogen-bond donors (Lipinski definition) is 5. The Morgan fingerprint density at radius 1 is 0.467 bits per heavy atom. The van der Waals surface area contributed by atoms with Gasteiger partial charge in [-0.3, -0.25) is 37.9 Å². The van der Waals surface area contributed by atoms with Crippen molar-refractivity contribution in [2.45, 2.75) is 190 Å². The van der Waals surface area contributed by atoms with Crippen molar-refractivity contribution in [1.29, 1.82) is 0 Å². The van der Waals surface area contributed by atoms with Gasteiger partial charge in [0.25, 0.3) is 53.4 Å². The highest BCUT2D eigenvalue weighted by atomic mass is 35.5. The summed E-state index contributed by atoms with van der Waals surface area (Å²) in [4.78, 5) is 24.2. The molecule has 0 saturated carbocycles. The normalized spacial score (nSPS) is 17.5. The van der Waals surface area contributed by atoms with Crippen molar-refractivity contribution in [3.05, 3.63) is 260 Å². The molecule has 6 aromatic carbocycles. The molecule has 4 heterocycles. The Morgan fingerprint density at radius 3 is 1.27 bits per heavy atom. The minimum atomic E-state index is -4.49. The Kier molecular flexibility index (Phi) is 42.8. The number of halogens is 1. The number of aromatic hydroxyl groups is 1. The molecule has 0 unspecified atom stereocenters. The predicted molar refractivity (Wildman–Crippen MR) is 515 cm³/mol. The van der Waals surface area contributed by atoms with Gasteiger partial charge in [-0.2, -0.15) is 51.5 Å². The van der Waals surface area contributed by atoms with Crippen molar-refractivity contribution >= 4 is 144 Å². The summed E-state index contributed by atoms with van der Waals surface area (Å²) in [5.41, 5.74) is 15.7. The Bertz CT molecular complexity index is 6310. The van der Waals surface area contributed by atoms with Crippen LogP contribution < -0.4 is 25.1 Å². The molecule has 137 heavy (non-hydrogen) atoms. The van der Waals surface area contributed by atoms with Gasteiger partial charge in [0.2, 0.25) is 11.4 Å². The molecule has 0 radical (unpaired) electrons. The summed E-state index contributed by atoms with van der Waals surface area (Å²) < 4.78 is 213. The number of carbonyl (C=O) groups is 2. The molecule has 43 heteroatoms. The fourth-order valence-corrected chi connectivity index (χ4v) is 20.5. The third-order valence-corrected chi connectivity index (χ3v) is 28.8. The SMILES string of the molecule is CC1(C)C(/C=C/C2=C(Cl)C(=C/C=C3/N(CCCCS(=O)(=O)O)c4ccc(S(=O)(=O)O)cc4C3(C)C)/CCC2)=[N+](CCCCSOO[O-])c2ccccc21.CC1(C)C(/C=C/C2=C(Oc3ccc(CCOC=O)cc3)C(=C/C=C3/N(CCCCS(=O)(=O)O)c4ccc(S(=O)(=O)O)cc4C3(C)C)/CCC2)=[N+](CCCCSOO[O-])c2ccccc21.O=COCCc1ccc(O)cc1.O=S(=O)=O.O=S(=O)=O. The fraction of sp³-hybridized carbons (Fsp3) is 0.404. The van der Waals surface area contributed by atoms with Gasteiger partial charge in [-0.05, 0) is 228 Å². The third-order valence-electron chi connectivity index (χ3n) is 23.8. The second-order valence-electron chi connectivity index (χ2n) is 34.3. The molecule has 12 rings (SSSR count). The zero-order chi connectivity index (χ0) is 101. The molecule has 4 aliphatic heterocycles. The van der Waals surface area contributed by atoms with Gasteiger partial charge in [0.1, 0.15) is 30.3 Å². The van der Waals surface area contributed by atoms with Gasteiger partial charge < -0.3 is 39.6 Å². The Balaban J connectivity index is 0.000000282. The lowest BCUT2D eigenvalue weighted by Crippen LogP contribution is -2.28. The first-order chi connectivity index (χ1) is 64.7. The van der Waals surface area contributed by atoms with Gasteiger partial charge in [0.05, 0.1) is 45.3 Å². The summed E-state index contributed by atoms with van der Waals surface area (Å²) in [5, 5.41) is 37.0. The number of allylic oxidation sites excluding steroid dienone is 15. The molecule has 0 amide bonds. The molecular formula is C94H113ClN4O30S8. The number of rotatable bonds is 42. The number of hydrogen-bond acceptors (Lipinski definition) is 30. The van der Waals surface area contributed by atoms with Crippen molar-refractivity contribution in [2.75, 3.05) is 72.2 Å². The van der Waals surface area contributed by atoms with Gasteiger partial charge in [-0.15, -0.1) is 25.3 Å². The van der Waals surface area contributed by atoms with E-state index in [1.807, 2.05) is 98.2 Å². The van der Waals surface area contributed by atoms with E-state index in [0.29, 0.717) is 104 Å². The van der Waals surface area contributed by atoms with E-state index in [-0.39, 0.29) is 57.3 Å². The number of benzene rings is 6. The van der Waals surface area contributed by atoms with Crippen LogP contribution in [-0.2, 0) is 134 Å². The summed E-state index contributed by atoms with van der Waals surface area (Å²) in [5.74, 6) is 2.09. The summed E-state index contributed by atoms with van der Waals surface area (Å²) in [6.45, 7) is 20.7. The largest absolute Gasteiger partial charge is 0.691 e. The Morgan fingerprint density at radius 2 is 0.861 bits per heavy atom. The van der Waals surface area contributed by atoms with Crippen LogP contribution in [0.5, 0.6) is 11.5 Å². The molecule has 6 aliphatic rings. The van der Waals surface area contributed by atoms with E-state index in [0.717, 1.165) is 163 Å². The van der Waals surface area contributed by atoms with E-state index in [2.05, 4.69) is 121 Å². The van der Waals surface area contributed by atoms with Crippen molar-refractivity contribution < 1.29 is 144 Å². The van der Waals surface area contributed by atoms with E-state index >= 15 is 0 Å². The van der Waals surface area contributed by atoms with Crippen LogP contribution >= 0.6 is 35.7 Å². The number of ether oxygens (including phenoxy) is 3. The predicted octanol–water partition coefficient (Wildman–Crippen LogP) is 14.6. The molecule has 6 aromatic rings. The number of phenolic OH excluding ortho intramolecular Hbond substituents is 1. The highest BCUT2D eigenvalue weighted by Gasteiger charge is 2.47. The molecule has 0 bridgehead atoms. The maximum Gasteiger partial charge on any atom is 0.425 e. The van der Waals surface area contributed by atoms with E-state index in [1.165, 1.54) is 46.8 Å². The lowest BCUT2D eigenvalue weighted by molar-refractivity contribution is -0.777. The molecule has 5 N–H and O–H groups in total. The number of nitrogens with zero attached hydrogens (tertiary/aromatic N) is 4. The van der Waals surface area contributed by atoms with Gasteiger partial charge in [-0.25, -0.2) is 0 Å². The molecule has 0 spiro atoms. The van der Waals surface area contributed by atoms with Crippen LogP contribution in [0, 0.1) is 0 Å². The molecule has 0 saturated heterocycles. The molecule has 34 nitrogen and oxygen atoms in total. The highest BCUT2D eigenvalue weighted by molar-refractivity contribution is 7.94. The second kappa shape index (κ2) is 52.0. The van der Waals surface area contributed by atoms with Crippen LogP contribution in [0.4, 0.5) is 22.7 Å². The summed E-state index contributed by atoms with van der Waals surface area (Å²) in [6.07, 6.45) is 27.5. The molecule has 2 aliphatic carbocycles. The summed E-state index contributed by atoms with van der Waals surface area (Å²) in [6, 6.07) is 40.3. The van der Waals surface area contributed by atoms with Crippen LogP contribution in [0.15, 0.2) is 236 Å². The number of unbranched alkanes of at least 4 members (excludes halogenated alkanes) is 4. The van der Waals surface area contributed by atoms with Crippen molar-refractivity contribution in [1.82, 2.24) is 0 Å². The van der Waals surface area contributed by atoms with Crippen molar-refractivity contribution in [3.8, 4) is 11.5 Å². The number of phenols is 1. The number of fused-ring (bicyclic) bond motifs is 4. The maximum absolute atomic E-state index is 12.3. The standard InChI is InChI=1S/C47H56N2O12S3.C38H47ClN2O9S3.C9H10O3.2O3S/c1-46(2)39-14-5-6-15-41(39)48(27-7-9-30-62-61-60-51)43(46)24-18-35-12-11-13-36(45(35)59-37-20-16-34(17-21-37)26-29-58-33-50)19-25-44-47(3,4)40-32-38(64(55,56)57)22-23-42(40)49(44)28-8-10-31-63(52,53)54;1-37(2)30-14-5-6-15-32(30)40(22-7-9-24-51-50-49-42)34(37)20-16-27-12-11-13-28(36(27)39)17-21-35-38(3,4)31-26-29(53(46,47)48)18-19-33(31)41(35)23-8-10-25-52(43,44)45;10-7-12-6-5-8-1-3-9(11)4-2-8;2*1-4(2)3/h5-6,14-25,32-33H,7-13,26-31H2,1-4H3,(H2-,51,52,53,54,55,56,57);5-6,14-21,26H,7-13,22-25H2,1-4H3,(H2-,42,43,44,45,46,47,48);1-4,7,11H,5-6H2;;. The van der Waals surface area contributed by atoms with Crippen LogP contribution in [-0.4, -0.2) is 178 Å². The van der Waals surface area contributed by atoms with Crippen LogP contribution in [0.3, 0.4) is 0 Å². The summed E-state index contributed by atoms with van der Waals surface area (Å²) in [7, 11) is -23.4. The Hall–Kier alpha value is -9.65. The number of carbonyl (C=O) groups excluding carboxylic acids is 2. The van der Waals surface area contributed by atoms with Gasteiger partial charge in [0, 0.05) is 148 Å². The van der Waals surface area contributed by atoms with Gasteiger partial charge in [0.15, 0.2) is 11.4 Å². The van der Waals surface area contributed by atoms with Gasteiger partial charge in [-0.1, -0.05) is 118 Å². The van der Waals surface area contributed by atoms with Gasteiger partial charge >= 0.3 is 21.2 Å². The second-order valence-corrected chi connectivity index (χ2v) is 43.1. The third kappa shape index (κ3) is 32.7. The molecule has 0 fully saturated rings. The monoisotopic (exact) mass is 2070 g/mol. The first kappa shape index (κ1) is 113. The van der Waals surface area contributed by atoms with Crippen LogP contribution in [0.1, 0.15) is 179 Å². The first-order valence-corrected chi connectivity index (χ1v) is 53.9. The van der Waals surface area contributed by atoms with Crippen LogP contribution in [0.2, 0.25) is 0 Å². The average molecular weight is 2070 g/mol.